The van der Waals surface area contributed by atoms with Gasteiger partial charge in [0.2, 0.25) is 0 Å². The second-order valence-corrected chi connectivity index (χ2v) is 5.61. The summed E-state index contributed by atoms with van der Waals surface area (Å²) in [7, 11) is 0. The molecule has 0 radical (unpaired) electrons. The third-order valence-electron chi connectivity index (χ3n) is 2.99. The highest BCUT2D eigenvalue weighted by Crippen LogP contribution is 2.17. The number of pyridine rings is 1. The fourth-order valence-electron chi connectivity index (χ4n) is 1.81. The third kappa shape index (κ3) is 4.56. The van der Waals surface area contributed by atoms with Gasteiger partial charge in [-0.3, -0.25) is 9.78 Å². The maximum absolute atomic E-state index is 12.1. The van der Waals surface area contributed by atoms with E-state index in [9.17, 15) is 4.79 Å². The van der Waals surface area contributed by atoms with Crippen molar-refractivity contribution < 1.29 is 9.53 Å². The van der Waals surface area contributed by atoms with Crippen molar-refractivity contribution in [3.05, 3.63) is 58.8 Å². The number of nitrogens with zero attached hydrogens (tertiary/aromatic N) is 1. The lowest BCUT2D eigenvalue weighted by Crippen LogP contribution is -2.38. The molecule has 0 aliphatic heterocycles. The second-order valence-electron chi connectivity index (χ2n) is 4.70. The first-order valence-corrected chi connectivity index (χ1v) is 7.49. The van der Waals surface area contributed by atoms with E-state index in [4.69, 9.17) is 4.74 Å². The molecule has 0 bridgehead atoms. The highest BCUT2D eigenvalue weighted by Gasteiger charge is 2.18. The Morgan fingerprint density at radius 2 is 1.90 bits per heavy atom. The van der Waals surface area contributed by atoms with Crippen molar-refractivity contribution in [2.45, 2.75) is 26.0 Å². The third-order valence-corrected chi connectivity index (χ3v) is 3.51. The zero-order valence-electron chi connectivity index (χ0n) is 11.9. The van der Waals surface area contributed by atoms with Gasteiger partial charge in [-0.15, -0.1) is 0 Å². The minimum atomic E-state index is -0.572. The molecule has 0 spiro atoms. The van der Waals surface area contributed by atoms with Crippen LogP contribution in [-0.4, -0.2) is 17.0 Å². The highest BCUT2D eigenvalue weighted by atomic mass is 79.9. The molecule has 1 aromatic heterocycles. The predicted octanol–water partition coefficient (Wildman–Crippen LogP) is 3.49. The number of nitrogens with one attached hydrogen (secondary N) is 1. The van der Waals surface area contributed by atoms with Crippen molar-refractivity contribution in [1.29, 1.82) is 0 Å². The summed E-state index contributed by atoms with van der Waals surface area (Å²) >= 11 is 3.36. The molecular weight excluding hydrogens is 332 g/mol. The van der Waals surface area contributed by atoms with E-state index in [1.165, 1.54) is 0 Å². The molecule has 4 nitrogen and oxygen atoms in total. The van der Waals surface area contributed by atoms with Gasteiger partial charge in [0.25, 0.3) is 5.91 Å². The molecule has 1 N–H and O–H groups in total. The number of hydrogen-bond donors (Lipinski definition) is 1. The lowest BCUT2D eigenvalue weighted by Gasteiger charge is -2.18. The average molecular weight is 349 g/mol. The Hall–Kier alpha value is -1.88. The minimum Gasteiger partial charge on any atom is -0.481 e. The number of hydrogen-bond acceptors (Lipinski definition) is 3. The van der Waals surface area contributed by atoms with Gasteiger partial charge in [-0.2, -0.15) is 0 Å². The molecule has 5 heteroatoms. The summed E-state index contributed by atoms with van der Waals surface area (Å²) in [6, 6.07) is 12.8. The molecule has 0 fully saturated rings. The Morgan fingerprint density at radius 3 is 2.52 bits per heavy atom. The SMILES string of the molecule is C[C@@H](Oc1ccc(Br)cc1)C(=O)N[C@H](C)c1ccccn1. The monoisotopic (exact) mass is 348 g/mol. The van der Waals surface area contributed by atoms with Gasteiger partial charge in [-0.25, -0.2) is 0 Å². The van der Waals surface area contributed by atoms with Crippen LogP contribution in [0.25, 0.3) is 0 Å². The number of benzene rings is 1. The molecule has 2 atom stereocenters. The van der Waals surface area contributed by atoms with E-state index < -0.39 is 6.10 Å². The first-order valence-electron chi connectivity index (χ1n) is 6.70. The number of amides is 1. The Balaban J connectivity index is 1.92. The summed E-state index contributed by atoms with van der Waals surface area (Å²) in [6.07, 6.45) is 1.14. The van der Waals surface area contributed by atoms with E-state index in [-0.39, 0.29) is 11.9 Å². The Bertz CT molecular complexity index is 587. The first-order chi connectivity index (χ1) is 10.1. The van der Waals surface area contributed by atoms with Gasteiger partial charge < -0.3 is 10.1 Å². The van der Waals surface area contributed by atoms with E-state index in [2.05, 4.69) is 26.2 Å². The number of halogens is 1. The van der Waals surface area contributed by atoms with Gasteiger partial charge in [0.15, 0.2) is 6.10 Å². The fraction of sp³-hybridized carbons (Fsp3) is 0.250. The van der Waals surface area contributed by atoms with Crippen molar-refractivity contribution in [3.8, 4) is 5.75 Å². The van der Waals surface area contributed by atoms with Crippen LogP contribution in [0.15, 0.2) is 53.1 Å². The molecule has 1 aromatic carbocycles. The number of ether oxygens (including phenoxy) is 1. The standard InChI is InChI=1S/C16H17BrN2O2/c1-11(15-5-3-4-10-18-15)19-16(20)12(2)21-14-8-6-13(17)7-9-14/h3-12H,1-2H3,(H,19,20)/t11-,12-/m1/s1. The van der Waals surface area contributed by atoms with E-state index in [1.807, 2.05) is 49.4 Å². The van der Waals surface area contributed by atoms with E-state index >= 15 is 0 Å². The van der Waals surface area contributed by atoms with Crippen LogP contribution in [-0.2, 0) is 4.79 Å². The minimum absolute atomic E-state index is 0.158. The molecule has 0 unspecified atom stereocenters. The summed E-state index contributed by atoms with van der Waals surface area (Å²) in [6.45, 7) is 3.62. The largest absolute Gasteiger partial charge is 0.481 e. The van der Waals surface area contributed by atoms with Gasteiger partial charge >= 0.3 is 0 Å². The van der Waals surface area contributed by atoms with Crippen LogP contribution in [0.4, 0.5) is 0 Å². The maximum atomic E-state index is 12.1. The van der Waals surface area contributed by atoms with Crippen LogP contribution in [0.3, 0.4) is 0 Å². The summed E-state index contributed by atoms with van der Waals surface area (Å²) < 4.78 is 6.58. The zero-order valence-corrected chi connectivity index (χ0v) is 13.5. The Labute approximate surface area is 132 Å². The topological polar surface area (TPSA) is 51.2 Å². The Kier molecular flexibility index (Phi) is 5.33. The first kappa shape index (κ1) is 15.5. The molecule has 0 saturated heterocycles. The van der Waals surface area contributed by atoms with E-state index in [0.717, 1.165) is 10.2 Å². The number of carbonyl (C=O) groups is 1. The van der Waals surface area contributed by atoms with Crippen molar-refractivity contribution in [2.24, 2.45) is 0 Å². The fourth-order valence-corrected chi connectivity index (χ4v) is 2.07. The summed E-state index contributed by atoms with van der Waals surface area (Å²) in [5.41, 5.74) is 0.821. The van der Waals surface area contributed by atoms with Gasteiger partial charge in [0, 0.05) is 10.7 Å². The van der Waals surface area contributed by atoms with E-state index in [0.29, 0.717) is 5.75 Å². The Morgan fingerprint density at radius 1 is 1.19 bits per heavy atom. The smallest absolute Gasteiger partial charge is 0.261 e. The van der Waals surface area contributed by atoms with Crippen molar-refractivity contribution in [2.75, 3.05) is 0 Å². The van der Waals surface area contributed by atoms with Crippen LogP contribution < -0.4 is 10.1 Å². The van der Waals surface area contributed by atoms with Crippen LogP contribution in [0.2, 0.25) is 0 Å². The quantitative estimate of drug-likeness (QED) is 0.899. The molecule has 0 saturated carbocycles. The van der Waals surface area contributed by atoms with Gasteiger partial charge in [0.05, 0.1) is 11.7 Å². The van der Waals surface area contributed by atoms with Crippen molar-refractivity contribution >= 4 is 21.8 Å². The highest BCUT2D eigenvalue weighted by molar-refractivity contribution is 9.10. The van der Waals surface area contributed by atoms with Crippen LogP contribution in [0.5, 0.6) is 5.75 Å². The van der Waals surface area contributed by atoms with Gasteiger partial charge in [0.1, 0.15) is 5.75 Å². The van der Waals surface area contributed by atoms with Gasteiger partial charge in [-0.1, -0.05) is 22.0 Å². The summed E-state index contributed by atoms with van der Waals surface area (Å²) in [4.78, 5) is 16.3. The summed E-state index contributed by atoms with van der Waals surface area (Å²) in [5.74, 6) is 0.488. The molecule has 2 rings (SSSR count). The number of rotatable bonds is 5. The maximum Gasteiger partial charge on any atom is 0.261 e. The molecule has 0 aliphatic carbocycles. The summed E-state index contributed by atoms with van der Waals surface area (Å²) in [5, 5.41) is 2.89. The van der Waals surface area contributed by atoms with Crippen molar-refractivity contribution in [3.63, 3.8) is 0 Å². The second kappa shape index (κ2) is 7.22. The normalized spacial score (nSPS) is 13.3. The lowest BCUT2D eigenvalue weighted by molar-refractivity contribution is -0.127. The van der Waals surface area contributed by atoms with Crippen LogP contribution in [0.1, 0.15) is 25.6 Å². The molecule has 2 aromatic rings. The van der Waals surface area contributed by atoms with Crippen LogP contribution in [0, 0.1) is 0 Å². The van der Waals surface area contributed by atoms with Crippen molar-refractivity contribution in [1.82, 2.24) is 10.3 Å². The average Bonchev–Trinajstić information content (AvgIpc) is 2.50. The molecule has 1 heterocycles. The van der Waals surface area contributed by atoms with Crippen LogP contribution >= 0.6 is 15.9 Å². The molecular formula is C16H17BrN2O2. The molecule has 21 heavy (non-hydrogen) atoms. The zero-order chi connectivity index (χ0) is 15.2. The van der Waals surface area contributed by atoms with Gasteiger partial charge in [-0.05, 0) is 50.2 Å². The molecule has 1 amide bonds. The van der Waals surface area contributed by atoms with E-state index in [1.54, 1.807) is 13.1 Å². The molecule has 0 aliphatic rings. The molecule has 110 valence electrons. The number of aromatic nitrogens is 1. The predicted molar refractivity (Wildman–Crippen MR) is 85.0 cm³/mol. The lowest BCUT2D eigenvalue weighted by atomic mass is 10.2. The number of carbonyl (C=O) groups excluding carboxylic acids is 1.